The molecule has 0 atom stereocenters. The van der Waals surface area contributed by atoms with Gasteiger partial charge in [0.25, 0.3) is 5.90 Å². The van der Waals surface area contributed by atoms with Crippen molar-refractivity contribution in [2.24, 2.45) is 9.39 Å². The highest BCUT2D eigenvalue weighted by atomic mass is 32.2. The number of ether oxygens (including phenoxy) is 1. The van der Waals surface area contributed by atoms with Crippen molar-refractivity contribution in [1.82, 2.24) is 4.72 Å². The van der Waals surface area contributed by atoms with Crippen LogP contribution in [0.1, 0.15) is 6.92 Å². The molecule has 0 aromatic carbocycles. The molecule has 1 rings (SSSR count). The topological polar surface area (TPSA) is 80.1 Å². The van der Waals surface area contributed by atoms with Crippen LogP contribution < -0.4 is 4.72 Å². The van der Waals surface area contributed by atoms with E-state index in [1.54, 1.807) is 6.92 Å². The van der Waals surface area contributed by atoms with Crippen molar-refractivity contribution in [3.05, 3.63) is 0 Å². The average Bonchev–Trinajstić information content (AvgIpc) is 2.26. The summed E-state index contributed by atoms with van der Waals surface area (Å²) in [5.74, 6) is 0.178. The Morgan fingerprint density at radius 1 is 1.67 bits per heavy atom. The van der Waals surface area contributed by atoms with Gasteiger partial charge in [0.05, 0.1) is 6.61 Å². The molecule has 1 N–H and O–H groups in total. The first-order chi connectivity index (χ1) is 5.59. The van der Waals surface area contributed by atoms with Gasteiger partial charge in [0, 0.05) is 7.05 Å². The standard InChI is InChI=1S/C5H9N3O3S/c1-3-11-5-4(6-2)7-12(9,10)8-5/h3H2,1-2H3,(H,6,7). The van der Waals surface area contributed by atoms with E-state index in [4.69, 9.17) is 4.74 Å². The number of aliphatic imine (C=N–C) groups is 1. The first-order valence-corrected chi connectivity index (χ1v) is 4.75. The van der Waals surface area contributed by atoms with Crippen LogP contribution in [0.25, 0.3) is 0 Å². The fourth-order valence-corrected chi connectivity index (χ4v) is 1.54. The van der Waals surface area contributed by atoms with E-state index in [9.17, 15) is 8.42 Å². The summed E-state index contributed by atoms with van der Waals surface area (Å²) in [6.07, 6.45) is 0. The molecule has 1 heterocycles. The fourth-order valence-electron chi connectivity index (χ4n) is 0.714. The largest absolute Gasteiger partial charge is 0.475 e. The second-order valence-corrected chi connectivity index (χ2v) is 3.32. The number of hydrogen-bond donors (Lipinski definition) is 1. The lowest BCUT2D eigenvalue weighted by Gasteiger charge is -1.99. The zero-order valence-corrected chi connectivity index (χ0v) is 7.55. The van der Waals surface area contributed by atoms with Gasteiger partial charge in [0.15, 0.2) is 0 Å². The molecule has 0 aliphatic carbocycles. The Hall–Kier alpha value is -1.11. The Morgan fingerprint density at radius 2 is 2.33 bits per heavy atom. The number of nitrogens with one attached hydrogen (secondary N) is 1. The van der Waals surface area contributed by atoms with Gasteiger partial charge in [0.1, 0.15) is 0 Å². The summed E-state index contributed by atoms with van der Waals surface area (Å²) in [6.45, 7) is 2.09. The second-order valence-electron chi connectivity index (χ2n) is 1.98. The van der Waals surface area contributed by atoms with Crippen LogP contribution in [0.4, 0.5) is 0 Å². The lowest BCUT2D eigenvalue weighted by molar-refractivity contribution is 0.335. The first kappa shape index (κ1) is 8.98. The van der Waals surface area contributed by atoms with Crippen LogP contribution in [0.15, 0.2) is 9.39 Å². The maximum atomic E-state index is 10.8. The summed E-state index contributed by atoms with van der Waals surface area (Å²) >= 11 is 0. The third-order valence-electron chi connectivity index (χ3n) is 1.14. The van der Waals surface area contributed by atoms with Crippen LogP contribution in [0, 0.1) is 0 Å². The molecule has 0 aromatic heterocycles. The molecule has 6 nitrogen and oxygen atoms in total. The van der Waals surface area contributed by atoms with Crippen molar-refractivity contribution in [3.8, 4) is 0 Å². The minimum atomic E-state index is -3.60. The third kappa shape index (κ3) is 1.73. The molecule has 12 heavy (non-hydrogen) atoms. The van der Waals surface area contributed by atoms with Gasteiger partial charge >= 0.3 is 10.2 Å². The SMILES string of the molecule is CCOC1=NS(=O)(=O)NC1=NC. The lowest BCUT2D eigenvalue weighted by atomic mass is 10.6. The molecule has 0 saturated carbocycles. The minimum absolute atomic E-state index is 0.0278. The third-order valence-corrected chi connectivity index (χ3v) is 1.99. The Balaban J connectivity index is 2.96. The second kappa shape index (κ2) is 3.10. The van der Waals surface area contributed by atoms with Gasteiger partial charge in [-0.15, -0.1) is 4.40 Å². The summed E-state index contributed by atoms with van der Waals surface area (Å²) in [4.78, 5) is 3.65. The predicted octanol–water partition coefficient (Wildman–Crippen LogP) is -0.702. The van der Waals surface area contributed by atoms with E-state index in [1.807, 2.05) is 0 Å². The van der Waals surface area contributed by atoms with E-state index in [1.165, 1.54) is 7.05 Å². The highest BCUT2D eigenvalue weighted by molar-refractivity contribution is 7.89. The maximum absolute atomic E-state index is 10.8. The molecule has 7 heteroatoms. The monoisotopic (exact) mass is 191 g/mol. The summed E-state index contributed by atoms with van der Waals surface area (Å²) in [7, 11) is -2.14. The fraction of sp³-hybridized carbons (Fsp3) is 0.600. The van der Waals surface area contributed by atoms with Crippen LogP contribution in [0.2, 0.25) is 0 Å². The molecule has 0 spiro atoms. The number of rotatable bonds is 1. The van der Waals surface area contributed by atoms with E-state index in [-0.39, 0.29) is 11.7 Å². The molecule has 1 aliphatic rings. The molecule has 1 aliphatic heterocycles. The van der Waals surface area contributed by atoms with Crippen molar-refractivity contribution < 1.29 is 13.2 Å². The number of amidine groups is 1. The molecule has 0 bridgehead atoms. The van der Waals surface area contributed by atoms with Crippen LogP contribution in [0.5, 0.6) is 0 Å². The molecule has 0 saturated heterocycles. The van der Waals surface area contributed by atoms with Crippen LogP contribution >= 0.6 is 0 Å². The molecule has 68 valence electrons. The van der Waals surface area contributed by atoms with Crippen molar-refractivity contribution in [2.75, 3.05) is 13.7 Å². The van der Waals surface area contributed by atoms with Crippen LogP contribution in [-0.4, -0.2) is 33.8 Å². The van der Waals surface area contributed by atoms with Gasteiger partial charge in [-0.1, -0.05) is 0 Å². The van der Waals surface area contributed by atoms with Gasteiger partial charge in [-0.05, 0) is 6.92 Å². The van der Waals surface area contributed by atoms with E-state index >= 15 is 0 Å². The van der Waals surface area contributed by atoms with E-state index in [0.717, 1.165) is 0 Å². The number of nitrogens with zero attached hydrogens (tertiary/aromatic N) is 2. The van der Waals surface area contributed by atoms with Gasteiger partial charge in [-0.25, -0.2) is 4.72 Å². The van der Waals surface area contributed by atoms with E-state index in [2.05, 4.69) is 14.1 Å². The molecule has 0 aromatic rings. The first-order valence-electron chi connectivity index (χ1n) is 3.31. The van der Waals surface area contributed by atoms with Crippen LogP contribution in [-0.2, 0) is 14.9 Å². The quantitative estimate of drug-likeness (QED) is 0.595. The summed E-state index contributed by atoms with van der Waals surface area (Å²) in [5, 5.41) is 0. The Bertz CT molecular complexity index is 330. The minimum Gasteiger partial charge on any atom is -0.475 e. The van der Waals surface area contributed by atoms with Gasteiger partial charge < -0.3 is 4.74 Å². The average molecular weight is 191 g/mol. The zero-order chi connectivity index (χ0) is 9.19. The summed E-state index contributed by atoms with van der Waals surface area (Å²) in [5.41, 5.74) is 0. The summed E-state index contributed by atoms with van der Waals surface area (Å²) < 4.78 is 32.0. The van der Waals surface area contributed by atoms with E-state index in [0.29, 0.717) is 6.61 Å². The van der Waals surface area contributed by atoms with E-state index < -0.39 is 10.2 Å². The van der Waals surface area contributed by atoms with Crippen molar-refractivity contribution in [3.63, 3.8) is 0 Å². The Kier molecular flexibility index (Phi) is 2.32. The Morgan fingerprint density at radius 3 is 2.83 bits per heavy atom. The van der Waals surface area contributed by atoms with Crippen molar-refractivity contribution in [2.45, 2.75) is 6.92 Å². The highest BCUT2D eigenvalue weighted by Crippen LogP contribution is 2.01. The molecule has 0 amide bonds. The normalized spacial score (nSPS) is 23.5. The lowest BCUT2D eigenvalue weighted by Crippen LogP contribution is -2.27. The molecular weight excluding hydrogens is 182 g/mol. The molecular formula is C5H9N3O3S. The predicted molar refractivity (Wildman–Crippen MR) is 44.5 cm³/mol. The van der Waals surface area contributed by atoms with Crippen molar-refractivity contribution >= 4 is 21.9 Å². The van der Waals surface area contributed by atoms with Gasteiger partial charge in [0.2, 0.25) is 5.84 Å². The highest BCUT2D eigenvalue weighted by Gasteiger charge is 2.26. The summed E-state index contributed by atoms with van der Waals surface area (Å²) in [6, 6.07) is 0. The smallest absolute Gasteiger partial charge is 0.347 e. The van der Waals surface area contributed by atoms with Gasteiger partial charge in [-0.2, -0.15) is 8.42 Å². The maximum Gasteiger partial charge on any atom is 0.347 e. The molecule has 0 unspecified atom stereocenters. The molecule has 0 radical (unpaired) electrons. The Labute approximate surface area is 70.5 Å². The molecule has 0 fully saturated rings. The zero-order valence-electron chi connectivity index (χ0n) is 6.73. The number of hydrogen-bond acceptors (Lipinski definition) is 4. The van der Waals surface area contributed by atoms with Crippen LogP contribution in [0.3, 0.4) is 0 Å². The van der Waals surface area contributed by atoms with Crippen molar-refractivity contribution in [1.29, 1.82) is 0 Å². The van der Waals surface area contributed by atoms with Gasteiger partial charge in [-0.3, -0.25) is 4.99 Å².